The van der Waals surface area contributed by atoms with Crippen LogP contribution in [-0.2, 0) is 4.79 Å². The summed E-state index contributed by atoms with van der Waals surface area (Å²) in [6, 6.07) is 9.11. The molecule has 0 unspecified atom stereocenters. The highest BCUT2D eigenvalue weighted by molar-refractivity contribution is 9.10. The standard InChI is InChI=1S/C16H16BrN3O3/c17-11-4-3-5-12(10-11)20-9-6-13(19-20)14(21)18-16(15(22)23)7-1-2-8-16/h3-6,9-10H,1-2,7-8H2,(H,18,21)(H,22,23). The fourth-order valence-corrected chi connectivity index (χ4v) is 3.25. The first-order valence-electron chi connectivity index (χ1n) is 7.38. The van der Waals surface area contributed by atoms with Crippen LogP contribution < -0.4 is 5.32 Å². The van der Waals surface area contributed by atoms with Crippen molar-refractivity contribution in [1.82, 2.24) is 15.1 Å². The van der Waals surface area contributed by atoms with Gasteiger partial charge in [0.2, 0.25) is 0 Å². The molecule has 1 saturated carbocycles. The Balaban J connectivity index is 1.80. The summed E-state index contributed by atoms with van der Waals surface area (Å²) in [5.74, 6) is -1.43. The zero-order valence-corrected chi connectivity index (χ0v) is 13.9. The van der Waals surface area contributed by atoms with E-state index in [9.17, 15) is 14.7 Å². The molecule has 0 atom stereocenters. The number of benzene rings is 1. The van der Waals surface area contributed by atoms with Gasteiger partial charge in [0, 0.05) is 10.7 Å². The van der Waals surface area contributed by atoms with Gasteiger partial charge in [-0.1, -0.05) is 34.8 Å². The molecule has 6 nitrogen and oxygen atoms in total. The molecule has 0 spiro atoms. The second-order valence-corrected chi connectivity index (χ2v) is 6.59. The maximum absolute atomic E-state index is 12.4. The number of carbonyl (C=O) groups is 2. The minimum Gasteiger partial charge on any atom is -0.480 e. The Morgan fingerprint density at radius 2 is 2.00 bits per heavy atom. The van der Waals surface area contributed by atoms with Crippen molar-refractivity contribution in [3.05, 3.63) is 46.7 Å². The summed E-state index contributed by atoms with van der Waals surface area (Å²) in [6.07, 6.45) is 4.21. The van der Waals surface area contributed by atoms with Crippen molar-refractivity contribution in [3.63, 3.8) is 0 Å². The normalized spacial score (nSPS) is 16.2. The van der Waals surface area contributed by atoms with Crippen LogP contribution in [0.2, 0.25) is 0 Å². The number of hydrogen-bond acceptors (Lipinski definition) is 3. The molecule has 0 bridgehead atoms. The van der Waals surface area contributed by atoms with E-state index in [4.69, 9.17) is 0 Å². The largest absolute Gasteiger partial charge is 0.480 e. The minimum atomic E-state index is -1.16. The Hall–Kier alpha value is -2.15. The highest BCUT2D eigenvalue weighted by atomic mass is 79.9. The van der Waals surface area contributed by atoms with Crippen molar-refractivity contribution in [2.75, 3.05) is 0 Å². The second kappa shape index (κ2) is 6.16. The average molecular weight is 378 g/mol. The molecule has 0 radical (unpaired) electrons. The molecule has 1 aliphatic rings. The Kier molecular flexibility index (Phi) is 4.21. The average Bonchev–Trinajstić information content (AvgIpc) is 3.17. The molecule has 0 aliphatic heterocycles. The van der Waals surface area contributed by atoms with Gasteiger partial charge in [-0.15, -0.1) is 0 Å². The van der Waals surface area contributed by atoms with Crippen LogP contribution in [0.3, 0.4) is 0 Å². The first-order valence-corrected chi connectivity index (χ1v) is 8.17. The van der Waals surface area contributed by atoms with E-state index in [0.717, 1.165) is 23.0 Å². The maximum atomic E-state index is 12.4. The third-order valence-electron chi connectivity index (χ3n) is 4.11. The van der Waals surface area contributed by atoms with Crippen molar-refractivity contribution in [3.8, 4) is 5.69 Å². The molecule has 1 fully saturated rings. The van der Waals surface area contributed by atoms with Crippen molar-refractivity contribution in [2.24, 2.45) is 0 Å². The monoisotopic (exact) mass is 377 g/mol. The highest BCUT2D eigenvalue weighted by Gasteiger charge is 2.43. The smallest absolute Gasteiger partial charge is 0.329 e. The summed E-state index contributed by atoms with van der Waals surface area (Å²) < 4.78 is 2.49. The highest BCUT2D eigenvalue weighted by Crippen LogP contribution is 2.30. The van der Waals surface area contributed by atoms with Gasteiger partial charge in [0.05, 0.1) is 5.69 Å². The molecular formula is C16H16BrN3O3. The van der Waals surface area contributed by atoms with Crippen LogP contribution >= 0.6 is 15.9 Å². The molecule has 3 rings (SSSR count). The second-order valence-electron chi connectivity index (χ2n) is 5.67. The van der Waals surface area contributed by atoms with Gasteiger partial charge in [-0.2, -0.15) is 5.10 Å². The molecule has 1 aliphatic carbocycles. The molecule has 1 amide bonds. The van der Waals surface area contributed by atoms with Crippen LogP contribution in [0.25, 0.3) is 5.69 Å². The van der Waals surface area contributed by atoms with Crippen molar-refractivity contribution in [1.29, 1.82) is 0 Å². The van der Waals surface area contributed by atoms with Crippen molar-refractivity contribution >= 4 is 27.8 Å². The lowest BCUT2D eigenvalue weighted by atomic mass is 9.97. The topological polar surface area (TPSA) is 84.2 Å². The van der Waals surface area contributed by atoms with E-state index < -0.39 is 17.4 Å². The van der Waals surface area contributed by atoms with E-state index in [0.29, 0.717) is 12.8 Å². The first-order chi connectivity index (χ1) is 11.0. The SMILES string of the molecule is O=C(NC1(C(=O)O)CCCC1)c1ccn(-c2cccc(Br)c2)n1. The van der Waals surface area contributed by atoms with Crippen molar-refractivity contribution in [2.45, 2.75) is 31.2 Å². The number of aromatic nitrogens is 2. The van der Waals surface area contributed by atoms with E-state index >= 15 is 0 Å². The van der Waals surface area contributed by atoms with Gasteiger partial charge in [0.25, 0.3) is 5.91 Å². The molecule has 1 aromatic carbocycles. The zero-order valence-electron chi connectivity index (χ0n) is 12.3. The maximum Gasteiger partial charge on any atom is 0.329 e. The summed E-state index contributed by atoms with van der Waals surface area (Å²) in [5.41, 5.74) is -0.138. The molecule has 23 heavy (non-hydrogen) atoms. The quantitative estimate of drug-likeness (QED) is 0.857. The molecule has 1 aromatic heterocycles. The van der Waals surface area contributed by atoms with Gasteiger partial charge in [0.1, 0.15) is 5.54 Å². The Morgan fingerprint density at radius 1 is 1.26 bits per heavy atom. The van der Waals surface area contributed by atoms with E-state index in [1.165, 1.54) is 0 Å². The van der Waals surface area contributed by atoms with E-state index in [2.05, 4.69) is 26.3 Å². The number of carboxylic acids is 1. The summed E-state index contributed by atoms with van der Waals surface area (Å²) >= 11 is 3.39. The number of halogens is 1. The van der Waals surface area contributed by atoms with Gasteiger partial charge >= 0.3 is 5.97 Å². The van der Waals surface area contributed by atoms with Gasteiger partial charge in [-0.05, 0) is 37.1 Å². The lowest BCUT2D eigenvalue weighted by Crippen LogP contribution is -2.52. The number of carbonyl (C=O) groups excluding carboxylic acids is 1. The van der Waals surface area contributed by atoms with Crippen LogP contribution in [-0.4, -0.2) is 32.3 Å². The predicted molar refractivity (Wildman–Crippen MR) is 87.6 cm³/mol. The summed E-state index contributed by atoms with van der Waals surface area (Å²) in [6.45, 7) is 0. The molecule has 2 N–H and O–H groups in total. The van der Waals surface area contributed by atoms with Crippen LogP contribution in [0.5, 0.6) is 0 Å². The third-order valence-corrected chi connectivity index (χ3v) is 4.61. The molecule has 7 heteroatoms. The Labute approximate surface area is 141 Å². The lowest BCUT2D eigenvalue weighted by molar-refractivity contribution is -0.144. The minimum absolute atomic E-state index is 0.206. The van der Waals surface area contributed by atoms with Gasteiger partial charge in [0.15, 0.2) is 5.69 Å². The van der Waals surface area contributed by atoms with Crippen LogP contribution in [0.15, 0.2) is 41.0 Å². The van der Waals surface area contributed by atoms with E-state index in [1.54, 1.807) is 16.9 Å². The zero-order chi connectivity index (χ0) is 16.4. The number of hydrogen-bond donors (Lipinski definition) is 2. The molecule has 2 aromatic rings. The fourth-order valence-electron chi connectivity index (χ4n) is 2.86. The Bertz CT molecular complexity index is 751. The number of aliphatic carboxylic acids is 1. The molecule has 1 heterocycles. The number of nitrogens with zero attached hydrogens (tertiary/aromatic N) is 2. The van der Waals surface area contributed by atoms with E-state index in [-0.39, 0.29) is 5.69 Å². The first kappa shape index (κ1) is 15.7. The predicted octanol–water partition coefficient (Wildman–Crippen LogP) is 2.76. The summed E-state index contributed by atoms with van der Waals surface area (Å²) in [4.78, 5) is 23.9. The third kappa shape index (κ3) is 3.14. The number of carboxylic acid groups (broad SMARTS) is 1. The number of nitrogens with one attached hydrogen (secondary N) is 1. The fraction of sp³-hybridized carbons (Fsp3) is 0.312. The molecule has 120 valence electrons. The number of amides is 1. The van der Waals surface area contributed by atoms with Crippen LogP contribution in [0.1, 0.15) is 36.2 Å². The molecular weight excluding hydrogens is 362 g/mol. The molecule has 0 saturated heterocycles. The van der Waals surface area contributed by atoms with Crippen LogP contribution in [0.4, 0.5) is 0 Å². The van der Waals surface area contributed by atoms with Gasteiger partial charge in [-0.3, -0.25) is 4.79 Å². The summed E-state index contributed by atoms with van der Waals surface area (Å²) in [5, 5.41) is 16.3. The van der Waals surface area contributed by atoms with Gasteiger partial charge < -0.3 is 10.4 Å². The van der Waals surface area contributed by atoms with Crippen molar-refractivity contribution < 1.29 is 14.7 Å². The number of rotatable bonds is 4. The van der Waals surface area contributed by atoms with Crippen LogP contribution in [0, 0.1) is 0 Å². The van der Waals surface area contributed by atoms with Gasteiger partial charge in [-0.25, -0.2) is 9.48 Å². The lowest BCUT2D eigenvalue weighted by Gasteiger charge is -2.24. The Morgan fingerprint density at radius 3 is 2.65 bits per heavy atom. The summed E-state index contributed by atoms with van der Waals surface area (Å²) in [7, 11) is 0. The van der Waals surface area contributed by atoms with E-state index in [1.807, 2.05) is 24.3 Å².